The van der Waals surface area contributed by atoms with E-state index in [0.29, 0.717) is 5.88 Å². The molecule has 2 fully saturated rings. The molecule has 4 nitrogen and oxygen atoms in total. The van der Waals surface area contributed by atoms with Gasteiger partial charge in [0.2, 0.25) is 5.88 Å². The molecule has 4 rings (SSSR count). The van der Waals surface area contributed by atoms with Gasteiger partial charge in [0, 0.05) is 56.5 Å². The Morgan fingerprint density at radius 2 is 1.73 bits per heavy atom. The van der Waals surface area contributed by atoms with Crippen molar-refractivity contribution in [1.82, 2.24) is 9.88 Å². The molecule has 2 aromatic rings. The molecule has 1 aliphatic carbocycles. The van der Waals surface area contributed by atoms with Crippen LogP contribution < -0.4 is 9.64 Å². The first-order valence-electron chi connectivity index (χ1n) is 9.27. The Kier molecular flexibility index (Phi) is 5.02. The zero-order valence-corrected chi connectivity index (χ0v) is 14.7. The lowest BCUT2D eigenvalue weighted by Crippen LogP contribution is -2.42. The molecule has 1 aromatic carbocycles. The van der Waals surface area contributed by atoms with E-state index in [2.05, 4.69) is 14.8 Å². The molecule has 6 heteroatoms. The van der Waals surface area contributed by atoms with Crippen LogP contribution in [-0.2, 0) is 0 Å². The minimum atomic E-state index is -0.667. The van der Waals surface area contributed by atoms with Gasteiger partial charge in [0.15, 0.2) is 0 Å². The Morgan fingerprint density at radius 1 is 0.923 bits per heavy atom. The molecule has 0 atom stereocenters. The molecule has 0 N–H and O–H groups in total. The molecule has 1 saturated carbocycles. The minimum absolute atomic E-state index is 0.110. The van der Waals surface area contributed by atoms with Crippen molar-refractivity contribution in [3.05, 3.63) is 48.0 Å². The average Bonchev–Trinajstić information content (AvgIpc) is 2.79. The molecule has 0 radical (unpaired) electrons. The number of pyridine rings is 1. The van der Waals surface area contributed by atoms with E-state index in [1.165, 1.54) is 19.3 Å². The molecular weight excluding hydrogens is 336 g/mol. The highest BCUT2D eigenvalue weighted by molar-refractivity contribution is 5.42. The summed E-state index contributed by atoms with van der Waals surface area (Å²) >= 11 is 0. The molecule has 2 aliphatic rings. The highest BCUT2D eigenvalue weighted by Crippen LogP contribution is 2.27. The Labute approximate surface area is 152 Å². The Balaban J connectivity index is 1.45. The summed E-state index contributed by atoms with van der Waals surface area (Å²) in [6.07, 6.45) is 5.11. The highest BCUT2D eigenvalue weighted by Gasteiger charge is 2.26. The monoisotopic (exact) mass is 359 g/mol. The molecule has 1 aromatic heterocycles. The van der Waals surface area contributed by atoms with Crippen molar-refractivity contribution in [2.45, 2.75) is 31.7 Å². The SMILES string of the molecule is Fc1cc(F)cc(Oc2cccc(N3CCCN(C4CCC4)CC3)n2)c1. The highest BCUT2D eigenvalue weighted by atomic mass is 19.1. The minimum Gasteiger partial charge on any atom is -0.439 e. The fraction of sp³-hybridized carbons (Fsp3) is 0.450. The summed E-state index contributed by atoms with van der Waals surface area (Å²) in [5, 5.41) is 0. The third kappa shape index (κ3) is 3.96. The molecule has 1 saturated heterocycles. The van der Waals surface area contributed by atoms with Gasteiger partial charge in [0.1, 0.15) is 23.2 Å². The number of benzene rings is 1. The quantitative estimate of drug-likeness (QED) is 0.817. The average molecular weight is 359 g/mol. The maximum atomic E-state index is 13.3. The van der Waals surface area contributed by atoms with E-state index in [1.807, 2.05) is 12.1 Å². The number of nitrogens with zero attached hydrogens (tertiary/aromatic N) is 3. The third-order valence-electron chi connectivity index (χ3n) is 5.21. The van der Waals surface area contributed by atoms with Crippen LogP contribution in [0.1, 0.15) is 25.7 Å². The van der Waals surface area contributed by atoms with Crippen LogP contribution in [0, 0.1) is 11.6 Å². The largest absolute Gasteiger partial charge is 0.439 e. The molecule has 1 aliphatic heterocycles. The van der Waals surface area contributed by atoms with Crippen LogP contribution in [0.25, 0.3) is 0 Å². The third-order valence-corrected chi connectivity index (χ3v) is 5.21. The summed E-state index contributed by atoms with van der Waals surface area (Å²) in [4.78, 5) is 9.40. The Hall–Kier alpha value is -2.21. The molecule has 2 heterocycles. The van der Waals surface area contributed by atoms with Crippen LogP contribution in [-0.4, -0.2) is 42.1 Å². The van der Waals surface area contributed by atoms with Crippen molar-refractivity contribution in [1.29, 1.82) is 0 Å². The van der Waals surface area contributed by atoms with Gasteiger partial charge in [-0.25, -0.2) is 8.78 Å². The zero-order valence-electron chi connectivity index (χ0n) is 14.7. The first-order valence-corrected chi connectivity index (χ1v) is 9.27. The van der Waals surface area contributed by atoms with Gasteiger partial charge in [-0.1, -0.05) is 12.5 Å². The number of hydrogen-bond donors (Lipinski definition) is 0. The van der Waals surface area contributed by atoms with Crippen molar-refractivity contribution >= 4 is 5.82 Å². The van der Waals surface area contributed by atoms with Gasteiger partial charge in [0.05, 0.1) is 0 Å². The van der Waals surface area contributed by atoms with Crippen LogP contribution in [0.2, 0.25) is 0 Å². The first-order chi connectivity index (χ1) is 12.7. The first kappa shape index (κ1) is 17.2. The van der Waals surface area contributed by atoms with Gasteiger partial charge < -0.3 is 9.64 Å². The Morgan fingerprint density at radius 3 is 2.46 bits per heavy atom. The molecular formula is C20H23F2N3O. The van der Waals surface area contributed by atoms with Crippen LogP contribution in [0.4, 0.5) is 14.6 Å². The van der Waals surface area contributed by atoms with Crippen molar-refractivity contribution in [3.63, 3.8) is 0 Å². The van der Waals surface area contributed by atoms with E-state index >= 15 is 0 Å². The number of ether oxygens (including phenoxy) is 1. The van der Waals surface area contributed by atoms with Crippen molar-refractivity contribution < 1.29 is 13.5 Å². The second-order valence-corrected chi connectivity index (χ2v) is 7.00. The maximum absolute atomic E-state index is 13.3. The zero-order chi connectivity index (χ0) is 17.9. The summed E-state index contributed by atoms with van der Waals surface area (Å²) in [7, 11) is 0. The van der Waals surface area contributed by atoms with E-state index in [9.17, 15) is 8.78 Å². The van der Waals surface area contributed by atoms with E-state index in [4.69, 9.17) is 4.74 Å². The van der Waals surface area contributed by atoms with E-state index < -0.39 is 11.6 Å². The summed E-state index contributed by atoms with van der Waals surface area (Å²) < 4.78 is 32.2. The van der Waals surface area contributed by atoms with Crippen molar-refractivity contribution in [3.8, 4) is 11.6 Å². The smallest absolute Gasteiger partial charge is 0.221 e. The molecule has 26 heavy (non-hydrogen) atoms. The molecule has 0 amide bonds. The van der Waals surface area contributed by atoms with Crippen molar-refractivity contribution in [2.75, 3.05) is 31.1 Å². The maximum Gasteiger partial charge on any atom is 0.221 e. The van der Waals surface area contributed by atoms with E-state index in [0.717, 1.165) is 62.7 Å². The van der Waals surface area contributed by atoms with Gasteiger partial charge in [-0.3, -0.25) is 4.90 Å². The molecule has 0 bridgehead atoms. The number of hydrogen-bond acceptors (Lipinski definition) is 4. The lowest BCUT2D eigenvalue weighted by Gasteiger charge is -2.36. The van der Waals surface area contributed by atoms with Crippen LogP contribution in [0.5, 0.6) is 11.6 Å². The summed E-state index contributed by atoms with van der Waals surface area (Å²) in [6.45, 7) is 4.07. The fourth-order valence-corrected chi connectivity index (χ4v) is 3.63. The normalized spacial score (nSPS) is 19.1. The van der Waals surface area contributed by atoms with Gasteiger partial charge in [-0.15, -0.1) is 0 Å². The summed E-state index contributed by atoms with van der Waals surface area (Å²) in [5.41, 5.74) is 0. The number of aromatic nitrogens is 1. The summed E-state index contributed by atoms with van der Waals surface area (Å²) in [5.74, 6) is -0.0406. The van der Waals surface area contributed by atoms with Gasteiger partial charge >= 0.3 is 0 Å². The van der Waals surface area contributed by atoms with Gasteiger partial charge in [-0.05, 0) is 25.3 Å². The van der Waals surface area contributed by atoms with E-state index in [-0.39, 0.29) is 5.75 Å². The Bertz CT molecular complexity index is 746. The van der Waals surface area contributed by atoms with Gasteiger partial charge in [-0.2, -0.15) is 4.98 Å². The second-order valence-electron chi connectivity index (χ2n) is 7.00. The fourth-order valence-electron chi connectivity index (χ4n) is 3.63. The van der Waals surface area contributed by atoms with Crippen LogP contribution in [0.15, 0.2) is 36.4 Å². The van der Waals surface area contributed by atoms with Crippen LogP contribution in [0.3, 0.4) is 0 Å². The molecule has 138 valence electrons. The topological polar surface area (TPSA) is 28.6 Å². The lowest BCUT2D eigenvalue weighted by atomic mass is 9.91. The van der Waals surface area contributed by atoms with E-state index in [1.54, 1.807) is 6.07 Å². The van der Waals surface area contributed by atoms with Crippen molar-refractivity contribution in [2.24, 2.45) is 0 Å². The number of halogens is 2. The van der Waals surface area contributed by atoms with Gasteiger partial charge in [0.25, 0.3) is 0 Å². The number of rotatable bonds is 4. The number of anilines is 1. The standard InChI is InChI=1S/C20H23F2N3O/c21-15-12-16(22)14-18(13-15)26-20-7-2-6-19(23-20)25-9-3-8-24(10-11-25)17-4-1-5-17/h2,6-7,12-14,17H,1,3-5,8-11H2. The predicted molar refractivity (Wildman–Crippen MR) is 96.7 cm³/mol. The molecule has 0 unspecified atom stereocenters. The van der Waals surface area contributed by atoms with Crippen LogP contribution >= 0.6 is 0 Å². The molecule has 0 spiro atoms. The lowest BCUT2D eigenvalue weighted by molar-refractivity contribution is 0.136. The predicted octanol–water partition coefficient (Wildman–Crippen LogP) is 4.22. The second kappa shape index (κ2) is 7.58. The summed E-state index contributed by atoms with van der Waals surface area (Å²) in [6, 6.07) is 9.41.